The summed E-state index contributed by atoms with van der Waals surface area (Å²) in [4.78, 5) is 27.8. The van der Waals surface area contributed by atoms with E-state index in [9.17, 15) is 9.59 Å². The predicted octanol–water partition coefficient (Wildman–Crippen LogP) is 1.73. The second-order valence-electron chi connectivity index (χ2n) is 7.52. The normalized spacial score (nSPS) is 15.4. The molecule has 0 atom stereocenters. The number of primary amides is 1. The molecule has 140 valence electrons. The molecule has 2 heterocycles. The number of anilines is 1. The highest BCUT2D eigenvalue weighted by Gasteiger charge is 2.27. The summed E-state index contributed by atoms with van der Waals surface area (Å²) >= 11 is 0. The zero-order chi connectivity index (χ0) is 19.1. The van der Waals surface area contributed by atoms with E-state index in [1.54, 1.807) is 15.6 Å². The highest BCUT2D eigenvalue weighted by molar-refractivity contribution is 6.08. The van der Waals surface area contributed by atoms with E-state index in [4.69, 9.17) is 10.5 Å². The number of ether oxygens (including phenoxy) is 1. The number of benzene rings is 1. The molecule has 1 aliphatic rings. The number of aromatic nitrogens is 2. The monoisotopic (exact) mass is 359 g/mol. The first-order valence-electron chi connectivity index (χ1n) is 8.65. The van der Waals surface area contributed by atoms with Crippen LogP contribution < -0.4 is 10.6 Å². The van der Waals surface area contributed by atoms with Crippen molar-refractivity contribution < 1.29 is 14.3 Å². The van der Waals surface area contributed by atoms with Gasteiger partial charge >= 0.3 is 6.09 Å². The summed E-state index contributed by atoms with van der Waals surface area (Å²) in [7, 11) is 1.81. The minimum absolute atomic E-state index is 0.284. The molecular formula is C18H25N5O3. The van der Waals surface area contributed by atoms with Crippen LogP contribution in [0.1, 0.15) is 31.1 Å². The van der Waals surface area contributed by atoms with Crippen molar-refractivity contribution in [2.75, 3.05) is 31.1 Å². The molecule has 0 saturated carbocycles. The van der Waals surface area contributed by atoms with Crippen LogP contribution in [0, 0.1) is 0 Å². The summed E-state index contributed by atoms with van der Waals surface area (Å²) in [5, 5.41) is 5.26. The zero-order valence-electron chi connectivity index (χ0n) is 15.7. The second kappa shape index (κ2) is 6.51. The topological polar surface area (TPSA) is 93.7 Å². The number of rotatable bonds is 2. The number of carbonyl (C=O) groups excluding carboxylic acids is 2. The van der Waals surface area contributed by atoms with Gasteiger partial charge in [0.15, 0.2) is 0 Å². The highest BCUT2D eigenvalue weighted by atomic mass is 16.6. The maximum atomic E-state index is 12.2. The number of carbonyl (C=O) groups is 2. The van der Waals surface area contributed by atoms with E-state index < -0.39 is 11.5 Å². The van der Waals surface area contributed by atoms with Crippen molar-refractivity contribution in [3.8, 4) is 0 Å². The Morgan fingerprint density at radius 1 is 1.15 bits per heavy atom. The van der Waals surface area contributed by atoms with Crippen molar-refractivity contribution in [3.63, 3.8) is 0 Å². The van der Waals surface area contributed by atoms with E-state index in [0.29, 0.717) is 37.3 Å². The molecule has 1 aromatic heterocycles. The van der Waals surface area contributed by atoms with E-state index in [-0.39, 0.29) is 6.09 Å². The lowest BCUT2D eigenvalue weighted by Gasteiger charge is -2.37. The van der Waals surface area contributed by atoms with Gasteiger partial charge in [-0.2, -0.15) is 5.10 Å². The quantitative estimate of drug-likeness (QED) is 0.881. The smallest absolute Gasteiger partial charge is 0.410 e. The van der Waals surface area contributed by atoms with Crippen LogP contribution in [0.3, 0.4) is 0 Å². The Morgan fingerprint density at radius 3 is 2.38 bits per heavy atom. The molecule has 2 aromatic rings. The number of nitrogens with two attached hydrogens (primary N) is 1. The fourth-order valence-electron chi connectivity index (χ4n) is 3.14. The first kappa shape index (κ1) is 18.0. The third kappa shape index (κ3) is 3.58. The molecule has 0 bridgehead atoms. The van der Waals surface area contributed by atoms with Gasteiger partial charge in [0, 0.05) is 50.5 Å². The SMILES string of the molecule is Cn1cc2c(N3CCN(C(=O)OC(C)(C)C)CC3)ccc(C(N)=O)c2n1. The Balaban J connectivity index is 1.79. The summed E-state index contributed by atoms with van der Waals surface area (Å²) < 4.78 is 7.12. The van der Waals surface area contributed by atoms with Crippen LogP contribution in [0.4, 0.5) is 10.5 Å². The van der Waals surface area contributed by atoms with Gasteiger partial charge in [0.05, 0.1) is 5.56 Å². The number of piperazine rings is 1. The Hall–Kier alpha value is -2.77. The fourth-order valence-corrected chi connectivity index (χ4v) is 3.14. The molecule has 2 amide bonds. The Bertz CT molecular complexity index is 844. The van der Waals surface area contributed by atoms with Crippen LogP contribution >= 0.6 is 0 Å². The van der Waals surface area contributed by atoms with Crippen LogP contribution in [0.2, 0.25) is 0 Å². The van der Waals surface area contributed by atoms with Gasteiger partial charge in [0.2, 0.25) is 0 Å². The van der Waals surface area contributed by atoms with E-state index >= 15 is 0 Å². The Labute approximate surface area is 152 Å². The minimum atomic E-state index is -0.499. The van der Waals surface area contributed by atoms with Crippen LogP contribution in [-0.2, 0) is 11.8 Å². The molecule has 1 aromatic carbocycles. The average Bonchev–Trinajstić information content (AvgIpc) is 2.93. The van der Waals surface area contributed by atoms with Gasteiger partial charge in [0.1, 0.15) is 11.1 Å². The molecule has 8 heteroatoms. The third-order valence-corrected chi connectivity index (χ3v) is 4.31. The van der Waals surface area contributed by atoms with Crippen LogP contribution in [0.5, 0.6) is 0 Å². The number of nitrogens with zero attached hydrogens (tertiary/aromatic N) is 4. The molecule has 0 aliphatic carbocycles. The average molecular weight is 359 g/mol. The van der Waals surface area contributed by atoms with Crippen LogP contribution in [0.25, 0.3) is 10.9 Å². The molecule has 0 spiro atoms. The molecule has 3 rings (SSSR count). The summed E-state index contributed by atoms with van der Waals surface area (Å²) in [6, 6.07) is 3.61. The number of fused-ring (bicyclic) bond motifs is 1. The molecule has 0 radical (unpaired) electrons. The van der Waals surface area contributed by atoms with Crippen molar-refractivity contribution in [2.45, 2.75) is 26.4 Å². The third-order valence-electron chi connectivity index (χ3n) is 4.31. The van der Waals surface area contributed by atoms with Gasteiger partial charge in [-0.3, -0.25) is 9.48 Å². The molecule has 1 fully saturated rings. The van der Waals surface area contributed by atoms with Gasteiger partial charge in [-0.1, -0.05) is 0 Å². The van der Waals surface area contributed by atoms with Crippen molar-refractivity contribution in [1.29, 1.82) is 0 Å². The number of aryl methyl sites for hydroxylation is 1. The first-order valence-corrected chi connectivity index (χ1v) is 8.65. The maximum absolute atomic E-state index is 12.2. The standard InChI is InChI=1S/C18H25N5O3/c1-18(2,3)26-17(25)23-9-7-22(8-10-23)14-6-5-12(16(19)24)15-13(14)11-21(4)20-15/h5-6,11H,7-10H2,1-4H3,(H2,19,24). The van der Waals surface area contributed by atoms with E-state index in [0.717, 1.165) is 11.1 Å². The summed E-state index contributed by atoms with van der Waals surface area (Å²) in [6.07, 6.45) is 1.60. The van der Waals surface area contributed by atoms with Gasteiger partial charge in [-0.25, -0.2) is 4.79 Å². The zero-order valence-corrected chi connectivity index (χ0v) is 15.7. The molecule has 1 aliphatic heterocycles. The summed E-state index contributed by atoms with van der Waals surface area (Å²) in [6.45, 7) is 8.10. The van der Waals surface area contributed by atoms with Gasteiger partial charge in [-0.05, 0) is 32.9 Å². The molecular weight excluding hydrogens is 334 g/mol. The number of hydrogen-bond donors (Lipinski definition) is 1. The highest BCUT2D eigenvalue weighted by Crippen LogP contribution is 2.29. The van der Waals surface area contributed by atoms with Crippen molar-refractivity contribution in [1.82, 2.24) is 14.7 Å². The lowest BCUT2D eigenvalue weighted by Crippen LogP contribution is -2.50. The van der Waals surface area contributed by atoms with Crippen molar-refractivity contribution in [3.05, 3.63) is 23.9 Å². The molecule has 1 saturated heterocycles. The molecule has 26 heavy (non-hydrogen) atoms. The molecule has 2 N–H and O–H groups in total. The Morgan fingerprint density at radius 2 is 1.81 bits per heavy atom. The number of amides is 2. The minimum Gasteiger partial charge on any atom is -0.444 e. The molecule has 8 nitrogen and oxygen atoms in total. The summed E-state index contributed by atoms with van der Waals surface area (Å²) in [5.41, 5.74) is 6.97. The maximum Gasteiger partial charge on any atom is 0.410 e. The summed E-state index contributed by atoms with van der Waals surface area (Å²) in [5.74, 6) is -0.491. The van der Waals surface area contributed by atoms with Gasteiger partial charge in [0.25, 0.3) is 5.91 Å². The first-order chi connectivity index (χ1) is 12.2. The van der Waals surface area contributed by atoms with Crippen molar-refractivity contribution >= 4 is 28.6 Å². The van der Waals surface area contributed by atoms with E-state index in [2.05, 4.69) is 10.00 Å². The fraction of sp³-hybridized carbons (Fsp3) is 0.500. The van der Waals surface area contributed by atoms with E-state index in [1.807, 2.05) is 40.1 Å². The molecule has 0 unspecified atom stereocenters. The number of hydrogen-bond acceptors (Lipinski definition) is 5. The lowest BCUT2D eigenvalue weighted by molar-refractivity contribution is 0.0240. The van der Waals surface area contributed by atoms with Crippen LogP contribution in [0.15, 0.2) is 18.3 Å². The largest absolute Gasteiger partial charge is 0.444 e. The van der Waals surface area contributed by atoms with Crippen LogP contribution in [-0.4, -0.2) is 58.5 Å². The van der Waals surface area contributed by atoms with Crippen molar-refractivity contribution in [2.24, 2.45) is 12.8 Å². The van der Waals surface area contributed by atoms with E-state index in [1.165, 1.54) is 0 Å². The van der Waals surface area contributed by atoms with Gasteiger partial charge in [-0.15, -0.1) is 0 Å². The van der Waals surface area contributed by atoms with Gasteiger partial charge < -0.3 is 20.3 Å². The Kier molecular flexibility index (Phi) is 4.52. The predicted molar refractivity (Wildman–Crippen MR) is 99.3 cm³/mol. The lowest BCUT2D eigenvalue weighted by atomic mass is 10.1. The second-order valence-corrected chi connectivity index (χ2v) is 7.52.